The van der Waals surface area contributed by atoms with Crippen molar-refractivity contribution in [1.82, 2.24) is 0 Å². The van der Waals surface area contributed by atoms with Gasteiger partial charge in [0.2, 0.25) is 0 Å². The largest absolute Gasteiger partial charge is 0.400 e. The van der Waals surface area contributed by atoms with E-state index in [2.05, 4.69) is 0 Å². The van der Waals surface area contributed by atoms with Crippen molar-refractivity contribution in [3.05, 3.63) is 0 Å². The van der Waals surface area contributed by atoms with Gasteiger partial charge < -0.3 is 9.47 Å². The third-order valence-corrected chi connectivity index (χ3v) is 3.03. The lowest BCUT2D eigenvalue weighted by atomic mass is 10.0. The van der Waals surface area contributed by atoms with Gasteiger partial charge in [-0.25, -0.2) is 14.1 Å². The quantitative estimate of drug-likeness (QED) is 0.408. The molecule has 2 heterocycles. The summed E-state index contributed by atoms with van der Waals surface area (Å²) in [5.41, 5.74) is -0.233. The zero-order valence-corrected chi connectivity index (χ0v) is 8.57. The van der Waals surface area contributed by atoms with Crippen LogP contribution >= 0.6 is 0 Å². The van der Waals surface area contributed by atoms with E-state index >= 15 is 0 Å². The Morgan fingerprint density at radius 2 is 1.57 bits per heavy atom. The second-order valence-corrected chi connectivity index (χ2v) is 4.81. The Hall–Kier alpha value is -1.10. The highest BCUT2D eigenvalue weighted by atomic mass is 16.8. The Morgan fingerprint density at radius 1 is 1.14 bits per heavy atom. The molecule has 0 N–H and O–H groups in total. The van der Waals surface area contributed by atoms with E-state index in [1.54, 1.807) is 0 Å². The monoisotopic (exact) mass is 200 g/mol. The summed E-state index contributed by atoms with van der Waals surface area (Å²) in [7, 11) is 0. The fourth-order valence-electron chi connectivity index (χ4n) is 1.98. The van der Waals surface area contributed by atoms with Gasteiger partial charge in [0.15, 0.2) is 13.1 Å². The van der Waals surface area contributed by atoms with E-state index in [-0.39, 0.29) is 35.1 Å². The first-order valence-electron chi connectivity index (χ1n) is 4.61. The molecule has 2 rings (SSSR count). The van der Waals surface area contributed by atoms with Crippen molar-refractivity contribution in [1.29, 1.82) is 0 Å². The number of carbonyl (C=O) groups is 2. The number of hydrogen-bond acceptors (Lipinski definition) is 4. The number of ether oxygens (including phenoxy) is 2. The number of quaternary nitrogens is 1. The molecule has 2 aliphatic heterocycles. The third kappa shape index (κ3) is 1.05. The Balaban J connectivity index is 2.39. The molecular weight excluding hydrogens is 186 g/mol. The molecule has 0 aromatic rings. The fourth-order valence-corrected chi connectivity index (χ4v) is 1.98. The maximum absolute atomic E-state index is 11.2. The molecule has 0 atom stereocenters. The Labute approximate surface area is 82.2 Å². The van der Waals surface area contributed by atoms with Crippen LogP contribution in [0.2, 0.25) is 0 Å². The molecule has 0 aromatic carbocycles. The Kier molecular flexibility index (Phi) is 1.67. The summed E-state index contributed by atoms with van der Waals surface area (Å²) < 4.78 is 10.2. The molecule has 5 nitrogen and oxygen atoms in total. The van der Waals surface area contributed by atoms with Crippen molar-refractivity contribution in [3.8, 4) is 0 Å². The topological polar surface area (TPSA) is 52.6 Å². The molecule has 78 valence electrons. The van der Waals surface area contributed by atoms with Crippen LogP contribution in [-0.4, -0.2) is 41.5 Å². The first-order chi connectivity index (χ1) is 6.35. The van der Waals surface area contributed by atoms with Gasteiger partial charge in [-0.05, 0) is 20.8 Å². The molecule has 0 spiro atoms. The first-order valence-corrected chi connectivity index (χ1v) is 4.61. The van der Waals surface area contributed by atoms with Crippen molar-refractivity contribution in [2.24, 2.45) is 0 Å². The van der Waals surface area contributed by atoms with Crippen molar-refractivity contribution in [2.75, 3.05) is 13.1 Å². The molecule has 5 heteroatoms. The molecule has 0 saturated carbocycles. The predicted molar refractivity (Wildman–Crippen MR) is 45.7 cm³/mol. The summed E-state index contributed by atoms with van der Waals surface area (Å²) in [6, 6.07) is 0. The second-order valence-electron chi connectivity index (χ2n) is 4.81. The SMILES string of the molecule is CC(C)(C)[N+]12CC(=O)OC1OC(=O)C2. The van der Waals surface area contributed by atoms with E-state index in [1.807, 2.05) is 20.8 Å². The minimum Gasteiger partial charge on any atom is -0.372 e. The van der Waals surface area contributed by atoms with Crippen molar-refractivity contribution < 1.29 is 23.5 Å². The average Bonchev–Trinajstić information content (AvgIpc) is 2.38. The van der Waals surface area contributed by atoms with Gasteiger partial charge in [0.25, 0.3) is 0 Å². The summed E-state index contributed by atoms with van der Waals surface area (Å²) in [6.07, 6.45) is -0.727. The smallest absolute Gasteiger partial charge is 0.372 e. The van der Waals surface area contributed by atoms with E-state index in [9.17, 15) is 9.59 Å². The minimum atomic E-state index is -0.727. The van der Waals surface area contributed by atoms with Crippen molar-refractivity contribution >= 4 is 11.9 Å². The van der Waals surface area contributed by atoms with Crippen LogP contribution in [0.5, 0.6) is 0 Å². The fraction of sp³-hybridized carbons (Fsp3) is 0.778. The number of hydrogen-bond donors (Lipinski definition) is 0. The predicted octanol–water partition coefficient (Wildman–Crippen LogP) is -0.00110. The lowest BCUT2D eigenvalue weighted by Crippen LogP contribution is -2.61. The summed E-state index contributed by atoms with van der Waals surface area (Å²) in [6.45, 7) is 6.37. The summed E-state index contributed by atoms with van der Waals surface area (Å²) in [5, 5.41) is 0. The highest BCUT2D eigenvalue weighted by Gasteiger charge is 2.63. The maximum atomic E-state index is 11.2. The van der Waals surface area contributed by atoms with Crippen LogP contribution < -0.4 is 0 Å². The highest BCUT2D eigenvalue weighted by molar-refractivity contribution is 5.77. The van der Waals surface area contributed by atoms with E-state index in [0.717, 1.165) is 0 Å². The van der Waals surface area contributed by atoms with Crippen LogP contribution in [0.1, 0.15) is 20.8 Å². The normalized spacial score (nSPS) is 36.6. The number of nitrogens with zero attached hydrogens (tertiary/aromatic N) is 1. The number of rotatable bonds is 0. The molecule has 0 bridgehead atoms. The van der Waals surface area contributed by atoms with Crippen LogP contribution in [0.3, 0.4) is 0 Å². The molecule has 0 aliphatic carbocycles. The minimum absolute atomic E-state index is 0.222. The first kappa shape index (κ1) is 9.45. The Morgan fingerprint density at radius 3 is 1.86 bits per heavy atom. The van der Waals surface area contributed by atoms with Crippen LogP contribution in [0.4, 0.5) is 0 Å². The second kappa shape index (κ2) is 2.48. The van der Waals surface area contributed by atoms with Gasteiger partial charge in [-0.3, -0.25) is 0 Å². The van der Waals surface area contributed by atoms with Gasteiger partial charge in [0, 0.05) is 0 Å². The Bertz CT molecular complexity index is 284. The molecule has 0 aromatic heterocycles. The zero-order chi connectivity index (χ0) is 10.6. The number of esters is 2. The lowest BCUT2D eigenvalue weighted by molar-refractivity contribution is -0.989. The van der Waals surface area contributed by atoms with E-state index in [0.29, 0.717) is 0 Å². The van der Waals surface area contributed by atoms with Gasteiger partial charge in [0.05, 0.1) is 5.54 Å². The molecular formula is C9H14NO4+. The standard InChI is InChI=1S/C9H14NO4/c1-9(2,3)10-4-6(11)13-8(10)14-7(12)5-10/h8H,4-5H2,1-3H3/q+1. The highest BCUT2D eigenvalue weighted by Crippen LogP contribution is 2.37. The van der Waals surface area contributed by atoms with Crippen molar-refractivity contribution in [2.45, 2.75) is 32.7 Å². The maximum Gasteiger partial charge on any atom is 0.400 e. The molecule has 2 fully saturated rings. The molecule has 2 aliphatic rings. The lowest BCUT2D eigenvalue weighted by Gasteiger charge is -2.39. The van der Waals surface area contributed by atoms with Crippen LogP contribution in [0.15, 0.2) is 0 Å². The van der Waals surface area contributed by atoms with Gasteiger partial charge in [-0.15, -0.1) is 0 Å². The molecule has 0 unspecified atom stereocenters. The van der Waals surface area contributed by atoms with E-state index < -0.39 is 6.41 Å². The van der Waals surface area contributed by atoms with E-state index in [1.165, 1.54) is 0 Å². The number of fused-ring (bicyclic) bond motifs is 1. The summed E-state index contributed by atoms with van der Waals surface area (Å²) >= 11 is 0. The third-order valence-electron chi connectivity index (χ3n) is 3.03. The molecule has 2 saturated heterocycles. The molecule has 14 heavy (non-hydrogen) atoms. The van der Waals surface area contributed by atoms with Crippen LogP contribution in [0, 0.1) is 0 Å². The number of carbonyl (C=O) groups excluding carboxylic acids is 2. The average molecular weight is 200 g/mol. The van der Waals surface area contributed by atoms with Crippen LogP contribution in [-0.2, 0) is 19.1 Å². The van der Waals surface area contributed by atoms with Crippen LogP contribution in [0.25, 0.3) is 0 Å². The van der Waals surface area contributed by atoms with Gasteiger partial charge in [0.1, 0.15) is 0 Å². The van der Waals surface area contributed by atoms with E-state index in [4.69, 9.17) is 9.47 Å². The molecule has 0 amide bonds. The van der Waals surface area contributed by atoms with Gasteiger partial charge >= 0.3 is 18.4 Å². The summed E-state index contributed by atoms with van der Waals surface area (Å²) in [4.78, 5) is 22.4. The molecule has 0 radical (unpaired) electrons. The van der Waals surface area contributed by atoms with Gasteiger partial charge in [-0.2, -0.15) is 0 Å². The zero-order valence-electron chi connectivity index (χ0n) is 8.57. The van der Waals surface area contributed by atoms with Crippen molar-refractivity contribution in [3.63, 3.8) is 0 Å². The summed E-state index contributed by atoms with van der Waals surface area (Å²) in [5.74, 6) is -0.588. The van der Waals surface area contributed by atoms with Gasteiger partial charge in [-0.1, -0.05) is 0 Å².